The fraction of sp³-hybridized carbons (Fsp3) is 0. The molecular formula is C9H5ClNO. The Kier molecular flexibility index (Phi) is 1.62. The van der Waals surface area contributed by atoms with Crippen molar-refractivity contribution in [2.24, 2.45) is 0 Å². The zero-order chi connectivity index (χ0) is 8.55. The third-order valence-corrected chi connectivity index (χ3v) is 1.99. The predicted molar refractivity (Wildman–Crippen MR) is 48.1 cm³/mol. The minimum Gasteiger partial charge on any atom is -0.360 e. The minimum absolute atomic E-state index is 0.543. The number of carbonyl (C=O) groups excluding carboxylic acids is 1. The van der Waals surface area contributed by atoms with E-state index in [1.807, 2.05) is 6.29 Å². The Balaban J connectivity index is 2.81. The van der Waals surface area contributed by atoms with E-state index in [0.29, 0.717) is 10.6 Å². The van der Waals surface area contributed by atoms with E-state index in [4.69, 9.17) is 11.6 Å². The molecule has 1 aromatic heterocycles. The molecule has 0 saturated carbocycles. The number of benzene rings is 1. The summed E-state index contributed by atoms with van der Waals surface area (Å²) in [6.07, 6.45) is 3.46. The zero-order valence-corrected chi connectivity index (χ0v) is 6.85. The summed E-state index contributed by atoms with van der Waals surface area (Å²) < 4.78 is 0. The molecule has 0 aliphatic carbocycles. The standard InChI is InChI=1S/C9H5ClNO/c10-7-1-2-8-6(5-12)4-11-9(8)3-7/h1-4,11H. The average Bonchev–Trinajstić information content (AvgIpc) is 2.46. The average molecular weight is 179 g/mol. The third-order valence-electron chi connectivity index (χ3n) is 1.75. The molecule has 0 atom stereocenters. The molecule has 2 rings (SSSR count). The number of halogens is 1. The van der Waals surface area contributed by atoms with Gasteiger partial charge in [0.1, 0.15) is 0 Å². The molecule has 2 nitrogen and oxygen atoms in total. The van der Waals surface area contributed by atoms with Gasteiger partial charge >= 0.3 is 0 Å². The van der Waals surface area contributed by atoms with E-state index in [2.05, 4.69) is 4.98 Å². The van der Waals surface area contributed by atoms with Gasteiger partial charge in [-0.15, -0.1) is 0 Å². The lowest BCUT2D eigenvalue weighted by Crippen LogP contribution is -1.74. The second kappa shape index (κ2) is 2.64. The van der Waals surface area contributed by atoms with Crippen molar-refractivity contribution in [3.05, 3.63) is 35.0 Å². The molecule has 1 heterocycles. The van der Waals surface area contributed by atoms with Gasteiger partial charge in [-0.25, -0.2) is 0 Å². The normalized spacial score (nSPS) is 10.4. The van der Waals surface area contributed by atoms with Gasteiger partial charge in [-0.2, -0.15) is 0 Å². The topological polar surface area (TPSA) is 32.9 Å². The molecule has 0 bridgehead atoms. The van der Waals surface area contributed by atoms with Gasteiger partial charge in [0.15, 0.2) is 0 Å². The van der Waals surface area contributed by atoms with Gasteiger partial charge in [0.2, 0.25) is 6.29 Å². The Labute approximate surface area is 74.2 Å². The maximum atomic E-state index is 10.4. The van der Waals surface area contributed by atoms with Crippen molar-refractivity contribution in [2.75, 3.05) is 0 Å². The highest BCUT2D eigenvalue weighted by molar-refractivity contribution is 6.31. The van der Waals surface area contributed by atoms with Crippen LogP contribution in [0.1, 0.15) is 5.56 Å². The summed E-state index contributed by atoms with van der Waals surface area (Å²) in [7, 11) is 0. The van der Waals surface area contributed by atoms with E-state index >= 15 is 0 Å². The molecule has 0 unspecified atom stereocenters. The van der Waals surface area contributed by atoms with Crippen LogP contribution in [0.15, 0.2) is 24.4 Å². The van der Waals surface area contributed by atoms with Crippen LogP contribution in [0.25, 0.3) is 10.9 Å². The summed E-state index contributed by atoms with van der Waals surface area (Å²) in [4.78, 5) is 13.3. The second-order valence-corrected chi connectivity index (χ2v) is 2.93. The summed E-state index contributed by atoms with van der Waals surface area (Å²) >= 11 is 5.75. The predicted octanol–water partition coefficient (Wildman–Crippen LogP) is 2.28. The Morgan fingerprint density at radius 3 is 3.00 bits per heavy atom. The maximum Gasteiger partial charge on any atom is 0.235 e. The molecule has 1 aromatic carbocycles. The zero-order valence-electron chi connectivity index (χ0n) is 6.10. The Hall–Kier alpha value is -1.28. The van der Waals surface area contributed by atoms with Gasteiger partial charge in [-0.05, 0) is 12.1 Å². The minimum atomic E-state index is 0.543. The van der Waals surface area contributed by atoms with Gasteiger partial charge in [0, 0.05) is 22.1 Å². The fourth-order valence-electron chi connectivity index (χ4n) is 1.18. The highest BCUT2D eigenvalue weighted by Gasteiger charge is 2.02. The summed E-state index contributed by atoms with van der Waals surface area (Å²) in [6.45, 7) is 0. The number of aromatic nitrogens is 1. The van der Waals surface area contributed by atoms with Crippen molar-refractivity contribution in [3.8, 4) is 0 Å². The van der Waals surface area contributed by atoms with Crippen LogP contribution in [-0.4, -0.2) is 11.3 Å². The quantitative estimate of drug-likeness (QED) is 0.714. The molecule has 2 aromatic rings. The van der Waals surface area contributed by atoms with Crippen LogP contribution in [0, 0.1) is 0 Å². The van der Waals surface area contributed by atoms with E-state index in [0.717, 1.165) is 10.9 Å². The van der Waals surface area contributed by atoms with E-state index in [9.17, 15) is 4.79 Å². The first-order valence-electron chi connectivity index (χ1n) is 3.46. The van der Waals surface area contributed by atoms with Crippen molar-refractivity contribution in [2.45, 2.75) is 0 Å². The van der Waals surface area contributed by atoms with Crippen molar-refractivity contribution < 1.29 is 4.79 Å². The lowest BCUT2D eigenvalue weighted by molar-refractivity contribution is 0.563. The Morgan fingerprint density at radius 1 is 1.42 bits per heavy atom. The van der Waals surface area contributed by atoms with Gasteiger partial charge < -0.3 is 4.98 Å². The van der Waals surface area contributed by atoms with Crippen molar-refractivity contribution in [3.63, 3.8) is 0 Å². The van der Waals surface area contributed by atoms with Crippen LogP contribution < -0.4 is 0 Å². The smallest absolute Gasteiger partial charge is 0.235 e. The van der Waals surface area contributed by atoms with Gasteiger partial charge in [-0.1, -0.05) is 17.7 Å². The van der Waals surface area contributed by atoms with Crippen molar-refractivity contribution in [1.29, 1.82) is 0 Å². The lowest BCUT2D eigenvalue weighted by atomic mass is 10.2. The van der Waals surface area contributed by atoms with Crippen molar-refractivity contribution in [1.82, 2.24) is 4.98 Å². The van der Waals surface area contributed by atoms with Gasteiger partial charge in [0.05, 0.1) is 5.56 Å². The van der Waals surface area contributed by atoms with Crippen LogP contribution in [0.5, 0.6) is 0 Å². The fourth-order valence-corrected chi connectivity index (χ4v) is 1.35. The van der Waals surface area contributed by atoms with Crippen LogP contribution in [0.4, 0.5) is 0 Å². The Morgan fingerprint density at radius 2 is 2.25 bits per heavy atom. The number of rotatable bonds is 1. The lowest BCUT2D eigenvalue weighted by Gasteiger charge is -1.90. The van der Waals surface area contributed by atoms with E-state index in [1.165, 1.54) is 0 Å². The summed E-state index contributed by atoms with van der Waals surface area (Å²) in [5.74, 6) is 0. The molecule has 3 heteroatoms. The molecule has 59 valence electrons. The number of hydrogen-bond donors (Lipinski definition) is 1. The van der Waals surface area contributed by atoms with Crippen LogP contribution in [-0.2, 0) is 4.79 Å². The number of aromatic amines is 1. The number of nitrogens with one attached hydrogen (secondary N) is 1. The van der Waals surface area contributed by atoms with Crippen LogP contribution in [0.3, 0.4) is 0 Å². The largest absolute Gasteiger partial charge is 0.360 e. The SMILES string of the molecule is O=[C]c1c[nH]c2cc(Cl)ccc12. The number of hydrogen-bond acceptors (Lipinski definition) is 1. The summed E-state index contributed by atoms with van der Waals surface area (Å²) in [6, 6.07) is 5.32. The van der Waals surface area contributed by atoms with E-state index in [1.54, 1.807) is 24.4 Å². The number of H-pyrrole nitrogens is 1. The first kappa shape index (κ1) is 7.37. The van der Waals surface area contributed by atoms with E-state index in [-0.39, 0.29) is 0 Å². The molecule has 0 amide bonds. The van der Waals surface area contributed by atoms with Crippen LogP contribution in [0.2, 0.25) is 5.02 Å². The maximum absolute atomic E-state index is 10.4. The molecule has 0 spiro atoms. The highest BCUT2D eigenvalue weighted by Crippen LogP contribution is 2.20. The van der Waals surface area contributed by atoms with Crippen molar-refractivity contribution >= 4 is 28.8 Å². The third kappa shape index (κ3) is 1.01. The summed E-state index contributed by atoms with van der Waals surface area (Å²) in [5.41, 5.74) is 1.41. The Bertz CT molecular complexity index is 433. The summed E-state index contributed by atoms with van der Waals surface area (Å²) in [5, 5.41) is 1.51. The van der Waals surface area contributed by atoms with Crippen LogP contribution >= 0.6 is 11.6 Å². The molecule has 1 radical (unpaired) electrons. The molecule has 1 N–H and O–H groups in total. The van der Waals surface area contributed by atoms with E-state index < -0.39 is 0 Å². The van der Waals surface area contributed by atoms with Gasteiger partial charge in [-0.3, -0.25) is 4.79 Å². The molecule has 0 aliphatic rings. The molecule has 0 saturated heterocycles. The molecule has 0 aliphatic heterocycles. The molecular weight excluding hydrogens is 174 g/mol. The molecule has 12 heavy (non-hydrogen) atoms. The highest BCUT2D eigenvalue weighted by atomic mass is 35.5. The first-order valence-corrected chi connectivity index (χ1v) is 3.84. The number of fused-ring (bicyclic) bond motifs is 1. The second-order valence-electron chi connectivity index (χ2n) is 2.49. The molecule has 0 fully saturated rings. The monoisotopic (exact) mass is 178 g/mol. The first-order chi connectivity index (χ1) is 5.81. The van der Waals surface area contributed by atoms with Gasteiger partial charge in [0.25, 0.3) is 0 Å².